The van der Waals surface area contributed by atoms with E-state index >= 15 is 0 Å². The second kappa shape index (κ2) is 10.2. The molecule has 0 aliphatic carbocycles. The van der Waals surface area contributed by atoms with Crippen molar-refractivity contribution in [2.45, 2.75) is 44.2 Å². The topological polar surface area (TPSA) is 85.8 Å². The molecule has 4 heterocycles. The molecule has 1 aromatic carbocycles. The van der Waals surface area contributed by atoms with Crippen molar-refractivity contribution < 1.29 is 4.52 Å². The third kappa shape index (κ3) is 5.08. The number of thioether (sulfide) groups is 1. The van der Waals surface area contributed by atoms with Crippen LogP contribution in [0.15, 0.2) is 58.5 Å². The van der Waals surface area contributed by atoms with E-state index in [0.29, 0.717) is 11.7 Å². The Kier molecular flexibility index (Phi) is 6.66. The van der Waals surface area contributed by atoms with Gasteiger partial charge in [0, 0.05) is 43.2 Å². The zero-order valence-electron chi connectivity index (χ0n) is 18.7. The van der Waals surface area contributed by atoms with Gasteiger partial charge in [-0.25, -0.2) is 0 Å². The number of nitrogens with zero attached hydrogens (tertiary/aromatic N) is 7. The molecule has 1 aliphatic rings. The Hall–Kier alpha value is -3.20. The van der Waals surface area contributed by atoms with Gasteiger partial charge in [0.15, 0.2) is 5.16 Å². The summed E-state index contributed by atoms with van der Waals surface area (Å²) in [4.78, 5) is 10.9. The molecular weight excluding hydrogens is 434 g/mol. The number of anilines is 1. The van der Waals surface area contributed by atoms with E-state index in [1.807, 2.05) is 12.1 Å². The second-order valence-corrected chi connectivity index (χ2v) is 9.26. The lowest BCUT2D eigenvalue weighted by Crippen LogP contribution is -2.31. The maximum atomic E-state index is 5.43. The van der Waals surface area contributed by atoms with Crippen LogP contribution in [-0.2, 0) is 6.42 Å². The fraction of sp³-hybridized carbons (Fsp3) is 0.375. The van der Waals surface area contributed by atoms with E-state index in [1.165, 1.54) is 24.8 Å². The molecule has 3 aromatic heterocycles. The van der Waals surface area contributed by atoms with Crippen molar-refractivity contribution in [1.29, 1.82) is 0 Å². The van der Waals surface area contributed by atoms with Crippen LogP contribution in [0.1, 0.15) is 37.1 Å². The van der Waals surface area contributed by atoms with Gasteiger partial charge >= 0.3 is 0 Å². The Bertz CT molecular complexity index is 1170. The first-order valence-electron chi connectivity index (χ1n) is 11.4. The van der Waals surface area contributed by atoms with Gasteiger partial charge in [0.2, 0.25) is 17.7 Å². The molecule has 33 heavy (non-hydrogen) atoms. The summed E-state index contributed by atoms with van der Waals surface area (Å²) in [6, 6.07) is 12.3. The highest BCUT2D eigenvalue weighted by molar-refractivity contribution is 7.99. The summed E-state index contributed by atoms with van der Waals surface area (Å²) in [5.41, 5.74) is 3.25. The number of piperidine rings is 1. The van der Waals surface area contributed by atoms with Gasteiger partial charge in [-0.2, -0.15) is 4.98 Å². The zero-order valence-corrected chi connectivity index (χ0v) is 19.5. The average Bonchev–Trinajstić information content (AvgIpc) is 3.51. The first-order chi connectivity index (χ1) is 16.3. The number of hydrogen-bond acceptors (Lipinski definition) is 8. The predicted octanol–water partition coefficient (Wildman–Crippen LogP) is 4.74. The van der Waals surface area contributed by atoms with Gasteiger partial charge in [0.25, 0.3) is 0 Å². The van der Waals surface area contributed by atoms with Crippen molar-refractivity contribution in [3.63, 3.8) is 0 Å². The Balaban J connectivity index is 1.26. The summed E-state index contributed by atoms with van der Waals surface area (Å²) >= 11 is 1.72. The monoisotopic (exact) mass is 461 g/mol. The smallest absolute Gasteiger partial charge is 0.232 e. The van der Waals surface area contributed by atoms with Crippen LogP contribution in [-0.4, -0.2) is 48.7 Å². The van der Waals surface area contributed by atoms with E-state index < -0.39 is 0 Å². The molecule has 9 heteroatoms. The molecule has 0 atom stereocenters. The van der Waals surface area contributed by atoms with Crippen LogP contribution in [0.3, 0.4) is 0 Å². The molecule has 170 valence electrons. The van der Waals surface area contributed by atoms with Crippen molar-refractivity contribution >= 4 is 17.7 Å². The maximum Gasteiger partial charge on any atom is 0.232 e. The van der Waals surface area contributed by atoms with E-state index in [2.05, 4.69) is 66.0 Å². The van der Waals surface area contributed by atoms with Crippen LogP contribution in [0.2, 0.25) is 0 Å². The van der Waals surface area contributed by atoms with E-state index in [-0.39, 0.29) is 0 Å². The van der Waals surface area contributed by atoms with Crippen molar-refractivity contribution in [3.8, 4) is 17.1 Å². The number of pyridine rings is 1. The van der Waals surface area contributed by atoms with Gasteiger partial charge < -0.3 is 9.42 Å². The lowest BCUT2D eigenvalue weighted by molar-refractivity contribution is 0.378. The standard InChI is InChI=1S/C24H27N7OS/c1-18-7-9-20(10-8-18)31-23(30-15-3-2-4-16-30)27-28-24(31)33-17-5-6-21-26-22(29-32-21)19-11-13-25-14-12-19/h7-14H,2-6,15-17H2,1H3. The molecule has 4 aromatic rings. The molecule has 0 spiro atoms. The van der Waals surface area contributed by atoms with Gasteiger partial charge in [-0.05, 0) is 56.9 Å². The van der Waals surface area contributed by atoms with Crippen LogP contribution in [0.4, 0.5) is 5.95 Å². The first kappa shape index (κ1) is 21.6. The highest BCUT2D eigenvalue weighted by Crippen LogP contribution is 2.29. The Labute approximate surface area is 197 Å². The fourth-order valence-electron chi connectivity index (χ4n) is 3.94. The number of aromatic nitrogens is 6. The van der Waals surface area contributed by atoms with Gasteiger partial charge in [0.05, 0.1) is 5.69 Å². The lowest BCUT2D eigenvalue weighted by Gasteiger charge is -2.27. The van der Waals surface area contributed by atoms with E-state index in [0.717, 1.165) is 54.0 Å². The minimum Gasteiger partial charge on any atom is -0.341 e. The predicted molar refractivity (Wildman–Crippen MR) is 129 cm³/mol. The summed E-state index contributed by atoms with van der Waals surface area (Å²) in [7, 11) is 0. The molecule has 5 rings (SSSR count). The molecule has 1 aliphatic heterocycles. The summed E-state index contributed by atoms with van der Waals surface area (Å²) < 4.78 is 7.63. The fourth-order valence-corrected chi connectivity index (χ4v) is 4.82. The highest BCUT2D eigenvalue weighted by Gasteiger charge is 2.21. The van der Waals surface area contributed by atoms with E-state index in [4.69, 9.17) is 4.52 Å². The number of hydrogen-bond donors (Lipinski definition) is 0. The third-order valence-corrected chi connectivity index (χ3v) is 6.74. The average molecular weight is 462 g/mol. The Morgan fingerprint density at radius 3 is 2.55 bits per heavy atom. The normalized spacial score (nSPS) is 14.0. The summed E-state index contributed by atoms with van der Waals surface area (Å²) in [6.07, 6.45) is 8.78. The van der Waals surface area contributed by atoms with Gasteiger partial charge in [-0.15, -0.1) is 10.2 Å². The van der Waals surface area contributed by atoms with E-state index in [9.17, 15) is 0 Å². The van der Waals surface area contributed by atoms with Crippen molar-refractivity contribution in [2.75, 3.05) is 23.7 Å². The number of rotatable bonds is 8. The number of aryl methyl sites for hydroxylation is 2. The minimum absolute atomic E-state index is 0.602. The van der Waals surface area contributed by atoms with E-state index in [1.54, 1.807) is 24.2 Å². The molecule has 8 nitrogen and oxygen atoms in total. The molecular formula is C24H27N7OS. The van der Waals surface area contributed by atoms with Crippen LogP contribution >= 0.6 is 11.8 Å². The molecule has 1 fully saturated rings. The quantitative estimate of drug-likeness (QED) is 0.275. The summed E-state index contributed by atoms with van der Waals surface area (Å²) in [5.74, 6) is 3.08. The van der Waals surface area contributed by atoms with Crippen LogP contribution in [0.25, 0.3) is 17.1 Å². The summed E-state index contributed by atoms with van der Waals surface area (Å²) in [6.45, 7) is 4.17. The molecule has 0 radical (unpaired) electrons. The molecule has 0 saturated carbocycles. The van der Waals surface area contributed by atoms with Gasteiger partial charge in [-0.1, -0.05) is 34.6 Å². The molecule has 0 N–H and O–H groups in total. The largest absolute Gasteiger partial charge is 0.341 e. The highest BCUT2D eigenvalue weighted by atomic mass is 32.2. The van der Waals surface area contributed by atoms with Gasteiger partial charge in [0.1, 0.15) is 0 Å². The number of benzene rings is 1. The SMILES string of the molecule is Cc1ccc(-n2c(SCCCc3nc(-c4ccncc4)no3)nnc2N2CCCCC2)cc1. The van der Waals surface area contributed by atoms with Crippen LogP contribution < -0.4 is 4.90 Å². The van der Waals surface area contributed by atoms with Crippen LogP contribution in [0.5, 0.6) is 0 Å². The van der Waals surface area contributed by atoms with Gasteiger partial charge in [-0.3, -0.25) is 9.55 Å². The second-order valence-electron chi connectivity index (χ2n) is 8.20. The zero-order chi connectivity index (χ0) is 22.5. The van der Waals surface area contributed by atoms with Crippen molar-refractivity contribution in [1.82, 2.24) is 29.9 Å². The van der Waals surface area contributed by atoms with Crippen molar-refractivity contribution in [2.24, 2.45) is 0 Å². The van der Waals surface area contributed by atoms with Crippen LogP contribution in [0, 0.1) is 6.92 Å². The lowest BCUT2D eigenvalue weighted by atomic mass is 10.1. The first-order valence-corrected chi connectivity index (χ1v) is 12.4. The molecule has 0 unspecified atom stereocenters. The maximum absolute atomic E-state index is 5.43. The Morgan fingerprint density at radius 2 is 1.76 bits per heavy atom. The molecule has 0 amide bonds. The van der Waals surface area contributed by atoms with Crippen molar-refractivity contribution in [3.05, 3.63) is 60.2 Å². The molecule has 0 bridgehead atoms. The Morgan fingerprint density at radius 1 is 0.970 bits per heavy atom. The summed E-state index contributed by atoms with van der Waals surface area (Å²) in [5, 5.41) is 14.1. The molecule has 1 saturated heterocycles. The third-order valence-electron chi connectivity index (χ3n) is 5.72. The minimum atomic E-state index is 0.602.